The molecule has 0 spiro atoms. The number of hydrogen-bond donors (Lipinski definition) is 2. The zero-order valence-corrected chi connectivity index (χ0v) is 11.8. The summed E-state index contributed by atoms with van der Waals surface area (Å²) in [5.74, 6) is 0.742. The fourth-order valence-electron chi connectivity index (χ4n) is 2.47. The zero-order chi connectivity index (χ0) is 13.4. The molecule has 2 aliphatic carbocycles. The predicted octanol–water partition coefficient (Wildman–Crippen LogP) is 2.56. The van der Waals surface area contributed by atoms with E-state index < -0.39 is 5.60 Å². The minimum absolute atomic E-state index is 0.170. The molecular weight excluding hydrogens is 228 g/mol. The third kappa shape index (κ3) is 4.16. The first-order chi connectivity index (χ1) is 8.26. The van der Waals surface area contributed by atoms with Crippen molar-refractivity contribution in [2.45, 2.75) is 76.5 Å². The molecule has 0 unspecified atom stereocenters. The number of nitrogens with two attached hydrogens (primary N) is 1. The Morgan fingerprint density at radius 2 is 2.00 bits per heavy atom. The van der Waals surface area contributed by atoms with Gasteiger partial charge in [-0.05, 0) is 65.2 Å². The van der Waals surface area contributed by atoms with Crippen molar-refractivity contribution >= 4 is 6.09 Å². The van der Waals surface area contributed by atoms with Crippen molar-refractivity contribution in [1.29, 1.82) is 0 Å². The summed E-state index contributed by atoms with van der Waals surface area (Å²) in [5, 5.41) is 2.92. The lowest BCUT2D eigenvalue weighted by molar-refractivity contribution is 0.0447. The monoisotopic (exact) mass is 254 g/mol. The summed E-state index contributed by atoms with van der Waals surface area (Å²) < 4.78 is 5.23. The Kier molecular flexibility index (Phi) is 3.58. The summed E-state index contributed by atoms with van der Waals surface area (Å²) in [4.78, 5) is 11.5. The maximum absolute atomic E-state index is 11.5. The summed E-state index contributed by atoms with van der Waals surface area (Å²) in [6, 6.07) is 0.303. The van der Waals surface area contributed by atoms with Crippen LogP contribution in [-0.4, -0.2) is 23.3 Å². The molecule has 0 saturated heterocycles. The molecule has 0 bridgehead atoms. The normalized spacial score (nSPS) is 29.3. The first-order valence-corrected chi connectivity index (χ1v) is 7.04. The third-order valence-corrected chi connectivity index (χ3v) is 3.90. The van der Waals surface area contributed by atoms with Crippen LogP contribution in [0.1, 0.15) is 59.3 Å². The first kappa shape index (κ1) is 13.7. The maximum atomic E-state index is 11.5. The smallest absolute Gasteiger partial charge is 0.407 e. The van der Waals surface area contributed by atoms with E-state index in [1.807, 2.05) is 20.8 Å². The Bertz CT molecular complexity index is 312. The average Bonchev–Trinajstić information content (AvgIpc) is 2.85. The number of alkyl carbamates (subject to hydrolysis) is 1. The Labute approximate surface area is 110 Å². The van der Waals surface area contributed by atoms with Crippen LogP contribution >= 0.6 is 0 Å². The van der Waals surface area contributed by atoms with Crippen LogP contribution < -0.4 is 11.1 Å². The van der Waals surface area contributed by atoms with Gasteiger partial charge < -0.3 is 15.8 Å². The highest BCUT2D eigenvalue weighted by atomic mass is 16.6. The molecule has 2 saturated carbocycles. The van der Waals surface area contributed by atoms with Gasteiger partial charge in [-0.1, -0.05) is 0 Å². The van der Waals surface area contributed by atoms with E-state index in [0.29, 0.717) is 6.04 Å². The van der Waals surface area contributed by atoms with Crippen LogP contribution in [-0.2, 0) is 4.74 Å². The van der Waals surface area contributed by atoms with Gasteiger partial charge in [-0.2, -0.15) is 0 Å². The van der Waals surface area contributed by atoms with Gasteiger partial charge in [0.15, 0.2) is 0 Å². The Morgan fingerprint density at radius 1 is 1.39 bits per heavy atom. The van der Waals surface area contributed by atoms with E-state index in [1.165, 1.54) is 19.3 Å². The Hall–Kier alpha value is -0.770. The van der Waals surface area contributed by atoms with Crippen molar-refractivity contribution in [2.24, 2.45) is 11.7 Å². The lowest BCUT2D eigenvalue weighted by Crippen LogP contribution is -2.46. The number of carbonyl (C=O) groups excluding carboxylic acids is 1. The lowest BCUT2D eigenvalue weighted by atomic mass is 9.77. The number of ether oxygens (including phenoxy) is 1. The van der Waals surface area contributed by atoms with Crippen LogP contribution in [0.2, 0.25) is 0 Å². The van der Waals surface area contributed by atoms with E-state index >= 15 is 0 Å². The molecular formula is C14H26N2O2. The molecule has 0 aliphatic heterocycles. The second kappa shape index (κ2) is 4.72. The topological polar surface area (TPSA) is 64.3 Å². The lowest BCUT2D eigenvalue weighted by Gasteiger charge is -2.36. The van der Waals surface area contributed by atoms with E-state index in [1.54, 1.807) is 0 Å². The molecule has 104 valence electrons. The molecule has 2 fully saturated rings. The number of rotatable bonds is 4. The van der Waals surface area contributed by atoms with Crippen molar-refractivity contribution in [1.82, 2.24) is 5.32 Å². The van der Waals surface area contributed by atoms with Crippen LogP contribution in [0.5, 0.6) is 0 Å². The molecule has 1 amide bonds. The maximum Gasteiger partial charge on any atom is 0.407 e. The molecule has 3 N–H and O–H groups in total. The largest absolute Gasteiger partial charge is 0.444 e. The van der Waals surface area contributed by atoms with Gasteiger partial charge in [0.1, 0.15) is 5.60 Å². The van der Waals surface area contributed by atoms with Crippen LogP contribution in [0, 0.1) is 5.92 Å². The molecule has 0 aromatic carbocycles. The molecule has 0 heterocycles. The van der Waals surface area contributed by atoms with Crippen LogP contribution in [0.15, 0.2) is 0 Å². The molecule has 18 heavy (non-hydrogen) atoms. The fraction of sp³-hybridized carbons (Fsp3) is 0.929. The quantitative estimate of drug-likeness (QED) is 0.810. The highest BCUT2D eigenvalue weighted by Gasteiger charge is 2.40. The van der Waals surface area contributed by atoms with Crippen LogP contribution in [0.25, 0.3) is 0 Å². The highest BCUT2D eigenvalue weighted by molar-refractivity contribution is 5.68. The van der Waals surface area contributed by atoms with Crippen molar-refractivity contribution in [2.75, 3.05) is 0 Å². The second-order valence-electron chi connectivity index (χ2n) is 7.08. The SMILES string of the molecule is CC(C)(C)OC(=O)NC1CC(CCC2(N)CC2)C1. The van der Waals surface area contributed by atoms with E-state index in [4.69, 9.17) is 10.5 Å². The van der Waals surface area contributed by atoms with Gasteiger partial charge >= 0.3 is 6.09 Å². The summed E-state index contributed by atoms with van der Waals surface area (Å²) in [6.07, 6.45) is 6.62. The van der Waals surface area contributed by atoms with Gasteiger partial charge in [0.2, 0.25) is 0 Å². The zero-order valence-electron chi connectivity index (χ0n) is 11.8. The van der Waals surface area contributed by atoms with E-state index in [9.17, 15) is 4.79 Å². The van der Waals surface area contributed by atoms with Crippen LogP contribution in [0.3, 0.4) is 0 Å². The standard InChI is InChI=1S/C14H26N2O2/c1-13(2,3)18-12(17)16-11-8-10(9-11)4-5-14(15)6-7-14/h10-11H,4-9,15H2,1-3H3,(H,16,17). The minimum Gasteiger partial charge on any atom is -0.444 e. The molecule has 4 nitrogen and oxygen atoms in total. The summed E-state index contributed by atoms with van der Waals surface area (Å²) in [5.41, 5.74) is 5.83. The molecule has 0 radical (unpaired) electrons. The number of nitrogens with one attached hydrogen (secondary N) is 1. The summed E-state index contributed by atoms with van der Waals surface area (Å²) >= 11 is 0. The predicted molar refractivity (Wildman–Crippen MR) is 71.3 cm³/mol. The van der Waals surface area contributed by atoms with Crippen molar-refractivity contribution < 1.29 is 9.53 Å². The van der Waals surface area contributed by atoms with Gasteiger partial charge in [-0.3, -0.25) is 0 Å². The second-order valence-corrected chi connectivity index (χ2v) is 7.08. The van der Waals surface area contributed by atoms with E-state index in [-0.39, 0.29) is 11.6 Å². The number of hydrogen-bond acceptors (Lipinski definition) is 3. The molecule has 0 aromatic heterocycles. The molecule has 0 atom stereocenters. The Balaban J connectivity index is 1.57. The van der Waals surface area contributed by atoms with Crippen LogP contribution in [0.4, 0.5) is 4.79 Å². The van der Waals surface area contributed by atoms with Crippen molar-refractivity contribution in [3.63, 3.8) is 0 Å². The highest BCUT2D eigenvalue weighted by Crippen LogP contribution is 2.41. The molecule has 2 rings (SSSR count). The average molecular weight is 254 g/mol. The molecule has 2 aliphatic rings. The van der Waals surface area contributed by atoms with Gasteiger partial charge in [0.25, 0.3) is 0 Å². The minimum atomic E-state index is -0.412. The Morgan fingerprint density at radius 3 is 2.50 bits per heavy atom. The number of amides is 1. The van der Waals surface area contributed by atoms with E-state index in [2.05, 4.69) is 5.32 Å². The molecule has 0 aromatic rings. The summed E-state index contributed by atoms with van der Waals surface area (Å²) in [7, 11) is 0. The number of carbonyl (C=O) groups is 1. The van der Waals surface area contributed by atoms with Gasteiger partial charge in [0, 0.05) is 11.6 Å². The summed E-state index contributed by atoms with van der Waals surface area (Å²) in [6.45, 7) is 5.64. The van der Waals surface area contributed by atoms with Gasteiger partial charge in [0.05, 0.1) is 0 Å². The van der Waals surface area contributed by atoms with Crippen molar-refractivity contribution in [3.05, 3.63) is 0 Å². The first-order valence-electron chi connectivity index (χ1n) is 7.04. The van der Waals surface area contributed by atoms with Gasteiger partial charge in [-0.15, -0.1) is 0 Å². The third-order valence-electron chi connectivity index (χ3n) is 3.90. The fourth-order valence-corrected chi connectivity index (χ4v) is 2.47. The van der Waals surface area contributed by atoms with Crippen molar-refractivity contribution in [3.8, 4) is 0 Å². The van der Waals surface area contributed by atoms with Gasteiger partial charge in [-0.25, -0.2) is 4.79 Å². The molecule has 4 heteroatoms. The van der Waals surface area contributed by atoms with E-state index in [0.717, 1.165) is 25.2 Å².